The minimum absolute atomic E-state index is 0.0581. The molecule has 4 heteroatoms. The zero-order chi connectivity index (χ0) is 9.31. The number of aryl methyl sites for hydroxylation is 1. The van der Waals surface area contributed by atoms with Gasteiger partial charge in [0.1, 0.15) is 0 Å². The van der Waals surface area contributed by atoms with E-state index < -0.39 is 0 Å². The van der Waals surface area contributed by atoms with Crippen molar-refractivity contribution in [2.45, 2.75) is 31.2 Å². The van der Waals surface area contributed by atoms with Crippen LogP contribution in [0.15, 0.2) is 17.1 Å². The van der Waals surface area contributed by atoms with Crippen LogP contribution >= 0.6 is 0 Å². The van der Waals surface area contributed by atoms with Gasteiger partial charge in [-0.2, -0.15) is 5.10 Å². The highest BCUT2D eigenvalue weighted by atomic mass is 16.1. The van der Waals surface area contributed by atoms with E-state index in [0.29, 0.717) is 0 Å². The van der Waals surface area contributed by atoms with Crippen molar-refractivity contribution in [3.05, 3.63) is 28.2 Å². The van der Waals surface area contributed by atoms with Crippen LogP contribution in [0.5, 0.6) is 0 Å². The summed E-state index contributed by atoms with van der Waals surface area (Å²) in [5, 5.41) is 6.07. The number of hydrogen-bond acceptors (Lipinski definition) is 3. The first kappa shape index (κ1) is 8.44. The largest absolute Gasteiger partial charge is 0.325 e. The molecule has 0 radical (unpaired) electrons. The number of nitrogens with zero attached hydrogens (tertiary/aromatic N) is 1. The minimum atomic E-state index is -0.139. The maximum Gasteiger partial charge on any atom is 0.264 e. The van der Waals surface area contributed by atoms with Crippen LogP contribution in [-0.2, 0) is 6.42 Å². The molecule has 2 rings (SSSR count). The molecule has 1 saturated carbocycles. The summed E-state index contributed by atoms with van der Waals surface area (Å²) in [4.78, 5) is 10.9. The standard InChI is InChI=1S/C9H13N3O/c10-9(3-4-9)2-1-7-5-8(13)12-11-6-7/h5-6H,1-4,10H2,(H,12,13). The fourth-order valence-corrected chi connectivity index (χ4v) is 1.36. The van der Waals surface area contributed by atoms with E-state index in [2.05, 4.69) is 10.2 Å². The van der Waals surface area contributed by atoms with Gasteiger partial charge in [0.2, 0.25) is 0 Å². The van der Waals surface area contributed by atoms with Crippen LogP contribution in [-0.4, -0.2) is 15.7 Å². The van der Waals surface area contributed by atoms with Gasteiger partial charge in [-0.25, -0.2) is 5.10 Å². The molecular formula is C9H13N3O. The van der Waals surface area contributed by atoms with Crippen molar-refractivity contribution in [1.29, 1.82) is 0 Å². The number of H-pyrrole nitrogens is 1. The summed E-state index contributed by atoms with van der Waals surface area (Å²) < 4.78 is 0. The Morgan fingerprint density at radius 2 is 2.38 bits per heavy atom. The third-order valence-corrected chi connectivity index (χ3v) is 2.53. The molecule has 0 saturated heterocycles. The predicted molar refractivity (Wildman–Crippen MR) is 49.3 cm³/mol. The van der Waals surface area contributed by atoms with Gasteiger partial charge in [-0.1, -0.05) is 0 Å². The van der Waals surface area contributed by atoms with Crippen molar-refractivity contribution in [3.63, 3.8) is 0 Å². The molecule has 3 N–H and O–H groups in total. The zero-order valence-corrected chi connectivity index (χ0v) is 7.42. The summed E-state index contributed by atoms with van der Waals surface area (Å²) in [6.07, 6.45) is 5.73. The smallest absolute Gasteiger partial charge is 0.264 e. The summed E-state index contributed by atoms with van der Waals surface area (Å²) in [5.41, 5.74) is 6.82. The molecule has 1 heterocycles. The highest BCUT2D eigenvalue weighted by molar-refractivity contribution is 5.09. The van der Waals surface area contributed by atoms with Crippen LogP contribution in [0.3, 0.4) is 0 Å². The average molecular weight is 179 g/mol. The predicted octanol–water partition coefficient (Wildman–Crippen LogP) is 0.194. The van der Waals surface area contributed by atoms with E-state index >= 15 is 0 Å². The van der Waals surface area contributed by atoms with Crippen molar-refractivity contribution in [1.82, 2.24) is 10.2 Å². The topological polar surface area (TPSA) is 71.8 Å². The third-order valence-electron chi connectivity index (χ3n) is 2.53. The summed E-state index contributed by atoms with van der Waals surface area (Å²) in [6.45, 7) is 0. The van der Waals surface area contributed by atoms with Crippen molar-refractivity contribution in [3.8, 4) is 0 Å². The molecule has 1 aromatic heterocycles. The summed E-state index contributed by atoms with van der Waals surface area (Å²) in [5.74, 6) is 0. The van der Waals surface area contributed by atoms with E-state index in [9.17, 15) is 4.79 Å². The molecule has 70 valence electrons. The quantitative estimate of drug-likeness (QED) is 0.696. The molecule has 0 bridgehead atoms. The second-order valence-corrected chi connectivity index (χ2v) is 3.82. The Kier molecular flexibility index (Phi) is 1.92. The SMILES string of the molecule is NC1(CCc2cn[nH]c(=O)c2)CC1. The second-order valence-electron chi connectivity index (χ2n) is 3.82. The minimum Gasteiger partial charge on any atom is -0.325 e. The van der Waals surface area contributed by atoms with Crippen LogP contribution in [0.4, 0.5) is 0 Å². The normalized spacial score (nSPS) is 18.5. The van der Waals surface area contributed by atoms with Crippen molar-refractivity contribution in [2.75, 3.05) is 0 Å². The molecule has 1 fully saturated rings. The van der Waals surface area contributed by atoms with Gasteiger partial charge in [-0.3, -0.25) is 4.79 Å². The first-order valence-electron chi connectivity index (χ1n) is 4.50. The van der Waals surface area contributed by atoms with E-state index in [1.54, 1.807) is 12.3 Å². The molecule has 13 heavy (non-hydrogen) atoms. The van der Waals surface area contributed by atoms with E-state index in [0.717, 1.165) is 31.2 Å². The summed E-state index contributed by atoms with van der Waals surface area (Å²) in [7, 11) is 0. The lowest BCUT2D eigenvalue weighted by atomic mass is 10.1. The van der Waals surface area contributed by atoms with Gasteiger partial charge < -0.3 is 5.73 Å². The number of rotatable bonds is 3. The molecule has 0 spiro atoms. The molecular weight excluding hydrogens is 166 g/mol. The summed E-state index contributed by atoms with van der Waals surface area (Å²) in [6, 6.07) is 1.58. The van der Waals surface area contributed by atoms with E-state index in [1.165, 1.54) is 0 Å². The van der Waals surface area contributed by atoms with Crippen molar-refractivity contribution in [2.24, 2.45) is 5.73 Å². The van der Waals surface area contributed by atoms with Gasteiger partial charge in [0.25, 0.3) is 5.56 Å². The molecule has 0 aliphatic heterocycles. The van der Waals surface area contributed by atoms with Gasteiger partial charge >= 0.3 is 0 Å². The Labute approximate surface area is 76.2 Å². The number of hydrogen-bond donors (Lipinski definition) is 2. The van der Waals surface area contributed by atoms with Gasteiger partial charge in [0.05, 0.1) is 6.20 Å². The Morgan fingerprint density at radius 3 is 3.00 bits per heavy atom. The Morgan fingerprint density at radius 1 is 1.62 bits per heavy atom. The van der Waals surface area contributed by atoms with Gasteiger partial charge in [-0.15, -0.1) is 0 Å². The van der Waals surface area contributed by atoms with Gasteiger partial charge in [0.15, 0.2) is 0 Å². The monoisotopic (exact) mass is 179 g/mol. The number of nitrogens with two attached hydrogens (primary N) is 1. The Bertz CT molecular complexity index is 354. The lowest BCUT2D eigenvalue weighted by Crippen LogP contribution is -2.22. The van der Waals surface area contributed by atoms with Crippen LogP contribution in [0, 0.1) is 0 Å². The van der Waals surface area contributed by atoms with Gasteiger partial charge in [0, 0.05) is 11.6 Å². The lowest BCUT2D eigenvalue weighted by Gasteiger charge is -2.06. The number of aromatic nitrogens is 2. The molecule has 1 aromatic rings. The lowest BCUT2D eigenvalue weighted by molar-refractivity contribution is 0.607. The Balaban J connectivity index is 1.98. The molecule has 4 nitrogen and oxygen atoms in total. The fraction of sp³-hybridized carbons (Fsp3) is 0.556. The maximum absolute atomic E-state index is 10.9. The van der Waals surface area contributed by atoms with Crippen molar-refractivity contribution < 1.29 is 0 Å². The molecule has 0 atom stereocenters. The number of nitrogens with one attached hydrogen (secondary N) is 1. The molecule has 0 amide bonds. The second kappa shape index (κ2) is 2.96. The third kappa shape index (κ3) is 2.15. The van der Waals surface area contributed by atoms with Gasteiger partial charge in [-0.05, 0) is 31.2 Å². The average Bonchev–Trinajstić information content (AvgIpc) is 2.82. The number of aromatic amines is 1. The first-order chi connectivity index (χ1) is 6.18. The highest BCUT2D eigenvalue weighted by Crippen LogP contribution is 2.36. The maximum atomic E-state index is 10.9. The van der Waals surface area contributed by atoms with E-state index in [4.69, 9.17) is 5.73 Å². The van der Waals surface area contributed by atoms with E-state index in [1.807, 2.05) is 0 Å². The Hall–Kier alpha value is -1.16. The van der Waals surface area contributed by atoms with Crippen LogP contribution in [0.2, 0.25) is 0 Å². The molecule has 1 aliphatic carbocycles. The van der Waals surface area contributed by atoms with Crippen LogP contribution in [0.25, 0.3) is 0 Å². The zero-order valence-electron chi connectivity index (χ0n) is 7.42. The molecule has 0 aromatic carbocycles. The highest BCUT2D eigenvalue weighted by Gasteiger charge is 2.37. The van der Waals surface area contributed by atoms with Crippen LogP contribution in [0.1, 0.15) is 24.8 Å². The fourth-order valence-electron chi connectivity index (χ4n) is 1.36. The first-order valence-corrected chi connectivity index (χ1v) is 4.50. The molecule has 1 aliphatic rings. The van der Waals surface area contributed by atoms with E-state index in [-0.39, 0.29) is 11.1 Å². The summed E-state index contributed by atoms with van der Waals surface area (Å²) >= 11 is 0. The van der Waals surface area contributed by atoms with Crippen molar-refractivity contribution >= 4 is 0 Å². The van der Waals surface area contributed by atoms with Crippen LogP contribution < -0.4 is 11.3 Å². The molecule has 0 unspecified atom stereocenters.